The van der Waals surface area contributed by atoms with Gasteiger partial charge in [0, 0.05) is 48.9 Å². The Balaban J connectivity index is 1.69. The normalized spacial score (nSPS) is 17.0. The van der Waals surface area contributed by atoms with Crippen LogP contribution < -0.4 is 5.73 Å². The van der Waals surface area contributed by atoms with Crippen LogP contribution in [0.1, 0.15) is 66.1 Å². The van der Waals surface area contributed by atoms with E-state index < -0.39 is 5.60 Å². The largest absolute Gasteiger partial charge is 0.385 e. The van der Waals surface area contributed by atoms with Crippen molar-refractivity contribution in [1.82, 2.24) is 4.90 Å². The van der Waals surface area contributed by atoms with E-state index in [1.54, 1.807) is 7.11 Å². The van der Waals surface area contributed by atoms with E-state index in [4.69, 9.17) is 22.1 Å². The van der Waals surface area contributed by atoms with Crippen molar-refractivity contribution in [3.63, 3.8) is 0 Å². The van der Waals surface area contributed by atoms with Gasteiger partial charge >= 0.3 is 0 Å². The Labute approximate surface area is 244 Å². The number of rotatable bonds is 12. The van der Waals surface area contributed by atoms with Crippen LogP contribution in [0.3, 0.4) is 0 Å². The van der Waals surface area contributed by atoms with Gasteiger partial charge in [-0.2, -0.15) is 0 Å². The topological polar surface area (TPSA) is 75.8 Å². The molecular weight excluding hydrogens is 520 g/mol. The molecule has 0 spiro atoms. The summed E-state index contributed by atoms with van der Waals surface area (Å²) in [6, 6.07) is 22.0. The fourth-order valence-electron chi connectivity index (χ4n) is 6.04. The molecule has 40 heavy (non-hydrogen) atoms. The zero-order chi connectivity index (χ0) is 28.5. The number of unbranched alkanes of at least 4 members (excludes halogenated alkanes) is 1. The van der Waals surface area contributed by atoms with Crippen LogP contribution in [-0.4, -0.2) is 49.3 Å². The molecule has 0 bridgehead atoms. The van der Waals surface area contributed by atoms with Crippen molar-refractivity contribution >= 4 is 17.5 Å². The molecule has 2 atom stereocenters. The van der Waals surface area contributed by atoms with E-state index >= 15 is 0 Å². The second-order valence-electron chi connectivity index (χ2n) is 10.9. The maximum absolute atomic E-state index is 13.6. The molecule has 0 unspecified atom stereocenters. The first-order valence-corrected chi connectivity index (χ1v) is 15.0. The summed E-state index contributed by atoms with van der Waals surface area (Å²) in [5.41, 5.74) is 10.3. The molecule has 1 amide bonds. The van der Waals surface area contributed by atoms with Gasteiger partial charge in [-0.25, -0.2) is 0 Å². The highest BCUT2D eigenvalue weighted by Gasteiger charge is 2.43. The van der Waals surface area contributed by atoms with Gasteiger partial charge in [-0.1, -0.05) is 67.1 Å². The Morgan fingerprint density at radius 3 is 2.60 bits per heavy atom. The highest BCUT2D eigenvalue weighted by molar-refractivity contribution is 6.33. The van der Waals surface area contributed by atoms with Crippen LogP contribution in [0.2, 0.25) is 5.02 Å². The van der Waals surface area contributed by atoms with Crippen LogP contribution in [-0.2, 0) is 23.2 Å². The number of carbonyl (C=O) groups excluding carboxylic acids is 1. The standard InChI is InChI=1S/C34H43ClN2O3/c1-3-25-9-6-10-28(23-25)32-30(12-7-13-31(32)35)34(39,19-4-5-22-40-2)29-11-8-21-37(24-29)33(38)27-16-14-26(15-17-27)18-20-36/h6-7,9-10,12-17,23,29,39H,3-5,8,11,18-22,24,36H2,1-2H3/t29-,34+/m1/s1. The van der Waals surface area contributed by atoms with Gasteiger partial charge in [0.2, 0.25) is 0 Å². The fourth-order valence-corrected chi connectivity index (χ4v) is 6.32. The number of benzene rings is 3. The highest BCUT2D eigenvalue weighted by Crippen LogP contribution is 2.46. The van der Waals surface area contributed by atoms with Gasteiger partial charge < -0.3 is 20.5 Å². The van der Waals surface area contributed by atoms with E-state index in [1.165, 1.54) is 5.56 Å². The number of amides is 1. The summed E-state index contributed by atoms with van der Waals surface area (Å²) in [6.45, 7) is 4.54. The number of aryl methyl sites for hydroxylation is 1. The maximum atomic E-state index is 13.6. The predicted molar refractivity (Wildman–Crippen MR) is 164 cm³/mol. The number of aliphatic hydroxyl groups is 1. The quantitative estimate of drug-likeness (QED) is 0.243. The third-order valence-electron chi connectivity index (χ3n) is 8.28. The summed E-state index contributed by atoms with van der Waals surface area (Å²) >= 11 is 6.88. The SMILES string of the molecule is CCc1cccc(-c2c(Cl)cccc2[C@](O)(CCCCOC)[C@@H]2CCCN(C(=O)c3ccc(CCN)cc3)C2)c1. The minimum Gasteiger partial charge on any atom is -0.385 e. The number of ether oxygens (including phenoxy) is 1. The van der Waals surface area contributed by atoms with Crippen molar-refractivity contribution in [2.45, 2.75) is 57.5 Å². The van der Waals surface area contributed by atoms with E-state index in [0.29, 0.717) is 43.2 Å². The number of halogens is 1. The molecule has 1 fully saturated rings. The number of nitrogens with two attached hydrogens (primary N) is 1. The molecular formula is C34H43ClN2O3. The lowest BCUT2D eigenvalue weighted by Gasteiger charge is -2.44. The minimum absolute atomic E-state index is 0.00713. The number of piperidine rings is 1. The molecule has 0 aromatic heterocycles. The first kappa shape index (κ1) is 30.3. The molecule has 0 radical (unpaired) electrons. The Hall–Kier alpha value is -2.70. The average molecular weight is 563 g/mol. The van der Waals surface area contributed by atoms with Crippen LogP contribution in [0.25, 0.3) is 11.1 Å². The summed E-state index contributed by atoms with van der Waals surface area (Å²) in [4.78, 5) is 15.5. The highest BCUT2D eigenvalue weighted by atomic mass is 35.5. The maximum Gasteiger partial charge on any atom is 0.253 e. The van der Waals surface area contributed by atoms with E-state index in [9.17, 15) is 9.90 Å². The zero-order valence-electron chi connectivity index (χ0n) is 23.9. The van der Waals surface area contributed by atoms with Gasteiger partial charge in [0.05, 0.1) is 5.60 Å². The Kier molecular flexibility index (Phi) is 10.8. The van der Waals surface area contributed by atoms with Crippen molar-refractivity contribution in [3.05, 3.63) is 94.0 Å². The minimum atomic E-state index is -1.15. The predicted octanol–water partition coefficient (Wildman–Crippen LogP) is 6.63. The molecule has 6 heteroatoms. The fraction of sp³-hybridized carbons (Fsp3) is 0.441. The van der Waals surface area contributed by atoms with E-state index in [0.717, 1.165) is 60.8 Å². The summed E-state index contributed by atoms with van der Waals surface area (Å²) < 4.78 is 5.30. The van der Waals surface area contributed by atoms with E-state index in [1.807, 2.05) is 47.4 Å². The molecule has 5 nitrogen and oxygen atoms in total. The molecule has 214 valence electrons. The molecule has 3 aromatic carbocycles. The van der Waals surface area contributed by atoms with Crippen LogP contribution in [0.5, 0.6) is 0 Å². The lowest BCUT2D eigenvalue weighted by molar-refractivity contribution is -0.0574. The number of nitrogens with zero attached hydrogens (tertiary/aromatic N) is 1. The zero-order valence-corrected chi connectivity index (χ0v) is 24.6. The molecule has 4 rings (SSSR count). The molecule has 3 N–H and O–H groups in total. The first-order valence-electron chi connectivity index (χ1n) is 14.6. The second kappa shape index (κ2) is 14.3. The number of methoxy groups -OCH3 is 1. The molecule has 3 aromatic rings. The van der Waals surface area contributed by atoms with Crippen molar-refractivity contribution in [2.75, 3.05) is 33.4 Å². The number of hydrogen-bond donors (Lipinski definition) is 2. The number of carbonyl (C=O) groups is 1. The number of likely N-dealkylation sites (tertiary alicyclic amines) is 1. The van der Waals surface area contributed by atoms with Gasteiger partial charge in [-0.15, -0.1) is 0 Å². The second-order valence-corrected chi connectivity index (χ2v) is 11.3. The third kappa shape index (κ3) is 6.95. The summed E-state index contributed by atoms with van der Waals surface area (Å²) in [6.07, 6.45) is 5.60. The smallest absolute Gasteiger partial charge is 0.253 e. The van der Waals surface area contributed by atoms with Crippen LogP contribution >= 0.6 is 11.6 Å². The van der Waals surface area contributed by atoms with Crippen molar-refractivity contribution in [2.24, 2.45) is 11.7 Å². The van der Waals surface area contributed by atoms with Gasteiger partial charge in [0.1, 0.15) is 0 Å². The van der Waals surface area contributed by atoms with Crippen molar-refractivity contribution in [3.8, 4) is 11.1 Å². The number of hydrogen-bond acceptors (Lipinski definition) is 4. The molecule has 0 saturated carbocycles. The van der Waals surface area contributed by atoms with E-state index in [-0.39, 0.29) is 11.8 Å². The summed E-state index contributed by atoms with van der Waals surface area (Å²) in [5, 5.41) is 13.3. The van der Waals surface area contributed by atoms with Crippen molar-refractivity contribution < 1.29 is 14.6 Å². The molecule has 1 aliphatic heterocycles. The third-order valence-corrected chi connectivity index (χ3v) is 8.59. The van der Waals surface area contributed by atoms with Gasteiger partial charge in [0.15, 0.2) is 0 Å². The molecule has 0 aliphatic carbocycles. The Bertz CT molecular complexity index is 1260. The van der Waals surface area contributed by atoms with E-state index in [2.05, 4.69) is 31.2 Å². The van der Waals surface area contributed by atoms with Crippen molar-refractivity contribution in [1.29, 1.82) is 0 Å². The summed E-state index contributed by atoms with van der Waals surface area (Å²) in [5.74, 6) is -0.122. The van der Waals surface area contributed by atoms with Gasteiger partial charge in [-0.05, 0) is 91.9 Å². The van der Waals surface area contributed by atoms with Gasteiger partial charge in [0.25, 0.3) is 5.91 Å². The van der Waals surface area contributed by atoms with Crippen LogP contribution in [0.4, 0.5) is 0 Å². The molecule has 1 aliphatic rings. The average Bonchev–Trinajstić information content (AvgIpc) is 2.99. The van der Waals surface area contributed by atoms with Crippen LogP contribution in [0.15, 0.2) is 66.7 Å². The summed E-state index contributed by atoms with van der Waals surface area (Å²) in [7, 11) is 1.70. The lowest BCUT2D eigenvalue weighted by Crippen LogP contribution is -2.48. The van der Waals surface area contributed by atoms with Gasteiger partial charge in [-0.3, -0.25) is 4.79 Å². The first-order chi connectivity index (χ1) is 19.4. The molecule has 1 saturated heterocycles. The molecule has 1 heterocycles. The Morgan fingerprint density at radius 2 is 1.88 bits per heavy atom. The Morgan fingerprint density at radius 1 is 1.10 bits per heavy atom. The monoisotopic (exact) mass is 562 g/mol. The van der Waals surface area contributed by atoms with Crippen LogP contribution in [0, 0.1) is 5.92 Å². The lowest BCUT2D eigenvalue weighted by atomic mass is 9.72.